The molecule has 1 aromatic heterocycles. The van der Waals surface area contributed by atoms with E-state index in [4.69, 9.17) is 5.73 Å². The standard InChI is InChI=1S/C23H23N5O2/c24-22(29)18-10-4-5-11-20(18)25-23(30)17-9-6-14-28(15-17)21-13-12-19(26-27-21)16-7-2-1-3-8-16/h1-5,7-8,10-13,17H,6,9,14-15H2,(H2,24,29)(H,25,30). The summed E-state index contributed by atoms with van der Waals surface area (Å²) in [5, 5.41) is 11.6. The van der Waals surface area contributed by atoms with E-state index in [1.807, 2.05) is 42.5 Å². The Morgan fingerprint density at radius 1 is 0.967 bits per heavy atom. The van der Waals surface area contributed by atoms with Crippen LogP contribution in [-0.2, 0) is 4.79 Å². The fraction of sp³-hybridized carbons (Fsp3) is 0.217. The second kappa shape index (κ2) is 8.73. The minimum atomic E-state index is -0.565. The van der Waals surface area contributed by atoms with E-state index in [-0.39, 0.29) is 11.8 Å². The van der Waals surface area contributed by atoms with E-state index in [2.05, 4.69) is 20.4 Å². The lowest BCUT2D eigenvalue weighted by molar-refractivity contribution is -0.120. The van der Waals surface area contributed by atoms with Crippen molar-refractivity contribution >= 4 is 23.3 Å². The van der Waals surface area contributed by atoms with E-state index >= 15 is 0 Å². The average molecular weight is 401 g/mol. The maximum atomic E-state index is 12.8. The van der Waals surface area contributed by atoms with Gasteiger partial charge in [-0.2, -0.15) is 0 Å². The Hall–Kier alpha value is -3.74. The van der Waals surface area contributed by atoms with Crippen molar-refractivity contribution in [3.63, 3.8) is 0 Å². The van der Waals surface area contributed by atoms with Crippen molar-refractivity contribution in [3.8, 4) is 11.3 Å². The summed E-state index contributed by atoms with van der Waals surface area (Å²) in [6.45, 7) is 1.37. The van der Waals surface area contributed by atoms with Crippen LogP contribution < -0.4 is 16.0 Å². The number of amides is 2. The quantitative estimate of drug-likeness (QED) is 0.684. The number of anilines is 2. The zero-order chi connectivity index (χ0) is 20.9. The second-order valence-electron chi connectivity index (χ2n) is 7.33. The summed E-state index contributed by atoms with van der Waals surface area (Å²) in [6.07, 6.45) is 1.65. The molecule has 3 aromatic rings. The summed E-state index contributed by atoms with van der Waals surface area (Å²) >= 11 is 0. The number of para-hydroxylation sites is 1. The van der Waals surface area contributed by atoms with Gasteiger partial charge in [-0.3, -0.25) is 9.59 Å². The summed E-state index contributed by atoms with van der Waals surface area (Å²) < 4.78 is 0. The SMILES string of the molecule is NC(=O)c1ccccc1NC(=O)C1CCCN(c2ccc(-c3ccccc3)nn2)C1. The molecular formula is C23H23N5O2. The molecule has 0 spiro atoms. The normalized spacial score (nSPS) is 16.1. The van der Waals surface area contributed by atoms with E-state index in [9.17, 15) is 9.59 Å². The van der Waals surface area contributed by atoms with Gasteiger partial charge in [0.15, 0.2) is 5.82 Å². The predicted octanol–water partition coefficient (Wildman–Crippen LogP) is 3.10. The Balaban J connectivity index is 1.44. The summed E-state index contributed by atoms with van der Waals surface area (Å²) in [6, 6.07) is 20.6. The monoisotopic (exact) mass is 401 g/mol. The van der Waals surface area contributed by atoms with Crippen molar-refractivity contribution < 1.29 is 9.59 Å². The van der Waals surface area contributed by atoms with Crippen LogP contribution in [0.3, 0.4) is 0 Å². The Morgan fingerprint density at radius 2 is 1.73 bits per heavy atom. The second-order valence-corrected chi connectivity index (χ2v) is 7.33. The van der Waals surface area contributed by atoms with E-state index in [0.29, 0.717) is 17.8 Å². The number of carbonyl (C=O) groups excluding carboxylic acids is 2. The highest BCUT2D eigenvalue weighted by Gasteiger charge is 2.27. The summed E-state index contributed by atoms with van der Waals surface area (Å²) in [4.78, 5) is 26.5. The molecule has 0 aliphatic carbocycles. The molecule has 7 heteroatoms. The van der Waals surface area contributed by atoms with Gasteiger partial charge in [0.2, 0.25) is 5.91 Å². The number of nitrogens with zero attached hydrogens (tertiary/aromatic N) is 3. The van der Waals surface area contributed by atoms with Crippen molar-refractivity contribution in [3.05, 3.63) is 72.3 Å². The number of hydrogen-bond acceptors (Lipinski definition) is 5. The van der Waals surface area contributed by atoms with E-state index in [0.717, 1.165) is 36.5 Å². The number of rotatable bonds is 5. The van der Waals surface area contributed by atoms with E-state index in [1.54, 1.807) is 24.3 Å². The molecule has 1 fully saturated rings. The zero-order valence-electron chi connectivity index (χ0n) is 16.5. The topological polar surface area (TPSA) is 101 Å². The first-order valence-electron chi connectivity index (χ1n) is 9.95. The first-order valence-corrected chi connectivity index (χ1v) is 9.95. The van der Waals surface area contributed by atoms with Gasteiger partial charge < -0.3 is 16.0 Å². The molecule has 30 heavy (non-hydrogen) atoms. The number of carbonyl (C=O) groups is 2. The highest BCUT2D eigenvalue weighted by Crippen LogP contribution is 2.25. The molecule has 2 heterocycles. The van der Waals surface area contributed by atoms with Crippen LogP contribution in [0.25, 0.3) is 11.3 Å². The lowest BCUT2D eigenvalue weighted by Gasteiger charge is -2.32. The van der Waals surface area contributed by atoms with Gasteiger partial charge in [0, 0.05) is 18.7 Å². The predicted molar refractivity (Wildman–Crippen MR) is 116 cm³/mol. The highest BCUT2D eigenvalue weighted by atomic mass is 16.2. The Morgan fingerprint density at radius 3 is 2.47 bits per heavy atom. The van der Waals surface area contributed by atoms with E-state index in [1.165, 1.54) is 0 Å². The maximum absolute atomic E-state index is 12.8. The third-order valence-electron chi connectivity index (χ3n) is 5.29. The van der Waals surface area contributed by atoms with Gasteiger partial charge in [0.05, 0.1) is 22.9 Å². The Bertz CT molecular complexity index is 1040. The van der Waals surface area contributed by atoms with Crippen LogP contribution >= 0.6 is 0 Å². The van der Waals surface area contributed by atoms with Gasteiger partial charge in [-0.1, -0.05) is 42.5 Å². The number of aromatic nitrogens is 2. The number of nitrogens with one attached hydrogen (secondary N) is 1. The molecule has 2 aromatic carbocycles. The fourth-order valence-electron chi connectivity index (χ4n) is 3.70. The zero-order valence-corrected chi connectivity index (χ0v) is 16.5. The average Bonchev–Trinajstić information content (AvgIpc) is 2.80. The molecule has 1 saturated heterocycles. The Kier molecular flexibility index (Phi) is 5.70. The summed E-state index contributed by atoms with van der Waals surface area (Å²) in [5.41, 5.74) is 7.99. The van der Waals surface area contributed by atoms with Gasteiger partial charge in [-0.15, -0.1) is 10.2 Å². The third-order valence-corrected chi connectivity index (χ3v) is 5.29. The third kappa shape index (κ3) is 4.30. The van der Waals surface area contributed by atoms with Gasteiger partial charge in [0.25, 0.3) is 5.91 Å². The Labute approximate surface area is 174 Å². The lowest BCUT2D eigenvalue weighted by Crippen LogP contribution is -2.41. The lowest BCUT2D eigenvalue weighted by atomic mass is 9.96. The number of hydrogen-bond donors (Lipinski definition) is 2. The number of piperidine rings is 1. The van der Waals surface area contributed by atoms with Gasteiger partial charge in [-0.25, -0.2) is 0 Å². The number of primary amides is 1. The number of nitrogens with two attached hydrogens (primary N) is 1. The summed E-state index contributed by atoms with van der Waals surface area (Å²) in [5.74, 6) is -0.146. The van der Waals surface area contributed by atoms with Crippen LogP contribution in [0, 0.1) is 5.92 Å². The van der Waals surface area contributed by atoms with Crippen molar-refractivity contribution in [2.45, 2.75) is 12.8 Å². The minimum absolute atomic E-state index is 0.123. The van der Waals surface area contributed by atoms with Gasteiger partial charge in [0.1, 0.15) is 0 Å². The molecule has 0 bridgehead atoms. The molecule has 1 aliphatic rings. The molecule has 4 rings (SSSR count). The molecule has 1 atom stereocenters. The first kappa shape index (κ1) is 19.6. The van der Waals surface area contributed by atoms with Crippen molar-refractivity contribution in [1.82, 2.24) is 10.2 Å². The smallest absolute Gasteiger partial charge is 0.250 e. The number of benzene rings is 2. The summed E-state index contributed by atoms with van der Waals surface area (Å²) in [7, 11) is 0. The van der Waals surface area contributed by atoms with Crippen LogP contribution in [0.1, 0.15) is 23.2 Å². The van der Waals surface area contributed by atoms with Crippen molar-refractivity contribution in [2.75, 3.05) is 23.3 Å². The van der Waals surface area contributed by atoms with Crippen LogP contribution in [-0.4, -0.2) is 35.1 Å². The molecule has 0 saturated carbocycles. The largest absolute Gasteiger partial charge is 0.366 e. The molecule has 1 aliphatic heterocycles. The molecule has 3 N–H and O–H groups in total. The molecular weight excluding hydrogens is 378 g/mol. The van der Waals surface area contributed by atoms with Crippen LogP contribution in [0.2, 0.25) is 0 Å². The molecule has 0 radical (unpaired) electrons. The van der Waals surface area contributed by atoms with Crippen LogP contribution in [0.5, 0.6) is 0 Å². The van der Waals surface area contributed by atoms with E-state index < -0.39 is 5.91 Å². The minimum Gasteiger partial charge on any atom is -0.366 e. The van der Waals surface area contributed by atoms with Gasteiger partial charge >= 0.3 is 0 Å². The van der Waals surface area contributed by atoms with Crippen molar-refractivity contribution in [2.24, 2.45) is 11.7 Å². The molecule has 152 valence electrons. The fourth-order valence-corrected chi connectivity index (χ4v) is 3.70. The maximum Gasteiger partial charge on any atom is 0.250 e. The van der Waals surface area contributed by atoms with Crippen LogP contribution in [0.15, 0.2) is 66.7 Å². The molecule has 2 amide bonds. The molecule has 1 unspecified atom stereocenters. The van der Waals surface area contributed by atoms with Gasteiger partial charge in [-0.05, 0) is 37.1 Å². The van der Waals surface area contributed by atoms with Crippen LogP contribution in [0.4, 0.5) is 11.5 Å². The molecule has 7 nitrogen and oxygen atoms in total. The highest BCUT2D eigenvalue weighted by molar-refractivity contribution is 6.03. The first-order chi connectivity index (χ1) is 14.6. The van der Waals surface area contributed by atoms with Crippen molar-refractivity contribution in [1.29, 1.82) is 0 Å².